The zero-order valence-corrected chi connectivity index (χ0v) is 9.61. The second-order valence-electron chi connectivity index (χ2n) is 4.43. The second kappa shape index (κ2) is 5.32. The van der Waals surface area contributed by atoms with E-state index in [9.17, 15) is 0 Å². The standard InChI is InChI=1S/C13H20N2O/c14-11-13(7-4-9-15-13)8-10-16-12-5-2-1-3-6-12/h1-3,5-6,15H,4,7-11,14H2. The van der Waals surface area contributed by atoms with Gasteiger partial charge in [-0.15, -0.1) is 0 Å². The van der Waals surface area contributed by atoms with Crippen LogP contribution >= 0.6 is 0 Å². The highest BCUT2D eigenvalue weighted by Crippen LogP contribution is 2.22. The van der Waals surface area contributed by atoms with Crippen molar-refractivity contribution in [2.24, 2.45) is 5.73 Å². The van der Waals surface area contributed by atoms with Crippen LogP contribution in [0.2, 0.25) is 0 Å². The molecule has 16 heavy (non-hydrogen) atoms. The van der Waals surface area contributed by atoms with E-state index in [1.165, 1.54) is 12.8 Å². The minimum atomic E-state index is 0.120. The fourth-order valence-electron chi connectivity index (χ4n) is 2.24. The number of para-hydroxylation sites is 1. The van der Waals surface area contributed by atoms with Crippen LogP contribution in [-0.2, 0) is 0 Å². The van der Waals surface area contributed by atoms with Crippen LogP contribution in [0.15, 0.2) is 30.3 Å². The van der Waals surface area contributed by atoms with E-state index in [4.69, 9.17) is 10.5 Å². The van der Waals surface area contributed by atoms with E-state index in [1.807, 2.05) is 30.3 Å². The lowest BCUT2D eigenvalue weighted by molar-refractivity contribution is 0.244. The van der Waals surface area contributed by atoms with Gasteiger partial charge in [-0.3, -0.25) is 0 Å². The zero-order valence-electron chi connectivity index (χ0n) is 9.61. The summed E-state index contributed by atoms with van der Waals surface area (Å²) in [5, 5.41) is 3.50. The molecule has 0 saturated carbocycles. The van der Waals surface area contributed by atoms with Gasteiger partial charge in [0, 0.05) is 18.5 Å². The Morgan fingerprint density at radius 2 is 2.12 bits per heavy atom. The molecule has 3 N–H and O–H groups in total. The molecule has 1 aliphatic heterocycles. The topological polar surface area (TPSA) is 47.3 Å². The van der Waals surface area contributed by atoms with Gasteiger partial charge in [-0.25, -0.2) is 0 Å². The second-order valence-corrected chi connectivity index (χ2v) is 4.43. The van der Waals surface area contributed by atoms with E-state index in [1.54, 1.807) is 0 Å². The molecule has 0 aliphatic carbocycles. The Labute approximate surface area is 97.0 Å². The van der Waals surface area contributed by atoms with E-state index >= 15 is 0 Å². The molecule has 0 radical (unpaired) electrons. The van der Waals surface area contributed by atoms with Crippen LogP contribution in [-0.4, -0.2) is 25.2 Å². The molecule has 0 aromatic heterocycles. The van der Waals surface area contributed by atoms with Crippen molar-refractivity contribution in [2.45, 2.75) is 24.8 Å². The van der Waals surface area contributed by atoms with Crippen LogP contribution in [0.5, 0.6) is 5.75 Å². The molecule has 1 atom stereocenters. The van der Waals surface area contributed by atoms with Crippen molar-refractivity contribution in [3.63, 3.8) is 0 Å². The first-order valence-corrected chi connectivity index (χ1v) is 5.98. The maximum Gasteiger partial charge on any atom is 0.119 e. The van der Waals surface area contributed by atoms with Gasteiger partial charge in [0.2, 0.25) is 0 Å². The minimum absolute atomic E-state index is 0.120. The number of hydrogen-bond acceptors (Lipinski definition) is 3. The summed E-state index contributed by atoms with van der Waals surface area (Å²) < 4.78 is 5.70. The van der Waals surface area contributed by atoms with Crippen molar-refractivity contribution >= 4 is 0 Å². The van der Waals surface area contributed by atoms with E-state index < -0.39 is 0 Å². The lowest BCUT2D eigenvalue weighted by Crippen LogP contribution is -2.47. The predicted molar refractivity (Wildman–Crippen MR) is 65.6 cm³/mol. The van der Waals surface area contributed by atoms with E-state index in [0.717, 1.165) is 25.3 Å². The van der Waals surface area contributed by atoms with Crippen LogP contribution in [0.3, 0.4) is 0 Å². The number of benzene rings is 1. The SMILES string of the molecule is NCC1(CCOc2ccccc2)CCCN1. The van der Waals surface area contributed by atoms with Crippen molar-refractivity contribution in [2.75, 3.05) is 19.7 Å². The lowest BCUT2D eigenvalue weighted by atomic mass is 9.94. The number of nitrogens with one attached hydrogen (secondary N) is 1. The molecular formula is C13H20N2O. The maximum absolute atomic E-state index is 5.83. The number of ether oxygens (including phenoxy) is 1. The van der Waals surface area contributed by atoms with Gasteiger partial charge in [0.25, 0.3) is 0 Å². The summed E-state index contributed by atoms with van der Waals surface area (Å²) in [6.07, 6.45) is 3.38. The van der Waals surface area contributed by atoms with Gasteiger partial charge < -0.3 is 15.8 Å². The first-order chi connectivity index (χ1) is 7.85. The molecule has 1 heterocycles. The van der Waals surface area contributed by atoms with Crippen molar-refractivity contribution in [3.05, 3.63) is 30.3 Å². The molecule has 2 rings (SSSR count). The Hall–Kier alpha value is -1.06. The summed E-state index contributed by atoms with van der Waals surface area (Å²) in [5.41, 5.74) is 5.95. The summed E-state index contributed by atoms with van der Waals surface area (Å²) in [5.74, 6) is 0.938. The lowest BCUT2D eigenvalue weighted by Gasteiger charge is -2.27. The third-order valence-corrected chi connectivity index (χ3v) is 3.32. The molecule has 1 aromatic carbocycles. The Morgan fingerprint density at radius 1 is 1.31 bits per heavy atom. The van der Waals surface area contributed by atoms with Crippen LogP contribution in [0.1, 0.15) is 19.3 Å². The summed E-state index contributed by atoms with van der Waals surface area (Å²) >= 11 is 0. The molecule has 88 valence electrons. The first-order valence-electron chi connectivity index (χ1n) is 5.98. The quantitative estimate of drug-likeness (QED) is 0.791. The summed E-state index contributed by atoms with van der Waals surface area (Å²) in [6, 6.07) is 9.94. The van der Waals surface area contributed by atoms with Crippen LogP contribution in [0, 0.1) is 0 Å². The largest absolute Gasteiger partial charge is 0.494 e. The number of hydrogen-bond donors (Lipinski definition) is 2. The summed E-state index contributed by atoms with van der Waals surface area (Å²) in [4.78, 5) is 0. The van der Waals surface area contributed by atoms with E-state index in [0.29, 0.717) is 6.54 Å². The van der Waals surface area contributed by atoms with Gasteiger partial charge in [-0.2, -0.15) is 0 Å². The maximum atomic E-state index is 5.83. The highest BCUT2D eigenvalue weighted by atomic mass is 16.5. The predicted octanol–water partition coefficient (Wildman–Crippen LogP) is 1.54. The van der Waals surface area contributed by atoms with Crippen LogP contribution in [0.4, 0.5) is 0 Å². The third kappa shape index (κ3) is 2.74. The zero-order chi connectivity index (χ0) is 11.3. The van der Waals surface area contributed by atoms with Gasteiger partial charge in [-0.05, 0) is 31.5 Å². The normalized spacial score (nSPS) is 24.6. The molecule has 0 spiro atoms. The third-order valence-electron chi connectivity index (χ3n) is 3.32. The fraction of sp³-hybridized carbons (Fsp3) is 0.538. The highest BCUT2D eigenvalue weighted by molar-refractivity contribution is 5.20. The molecule has 0 bridgehead atoms. The molecule has 3 nitrogen and oxygen atoms in total. The molecular weight excluding hydrogens is 200 g/mol. The van der Waals surface area contributed by atoms with Gasteiger partial charge >= 0.3 is 0 Å². The van der Waals surface area contributed by atoms with Crippen molar-refractivity contribution in [1.82, 2.24) is 5.32 Å². The summed E-state index contributed by atoms with van der Waals surface area (Å²) in [6.45, 7) is 2.52. The number of rotatable bonds is 5. The molecule has 3 heteroatoms. The Bertz CT molecular complexity index is 307. The molecule has 1 aromatic rings. The van der Waals surface area contributed by atoms with Crippen LogP contribution in [0.25, 0.3) is 0 Å². The molecule has 0 amide bonds. The Morgan fingerprint density at radius 3 is 2.75 bits per heavy atom. The minimum Gasteiger partial charge on any atom is -0.494 e. The van der Waals surface area contributed by atoms with Crippen molar-refractivity contribution in [3.8, 4) is 5.75 Å². The molecule has 1 fully saturated rings. The van der Waals surface area contributed by atoms with Gasteiger partial charge in [0.1, 0.15) is 5.75 Å². The summed E-state index contributed by atoms with van der Waals surface area (Å²) in [7, 11) is 0. The van der Waals surface area contributed by atoms with Crippen molar-refractivity contribution < 1.29 is 4.74 Å². The Balaban J connectivity index is 1.79. The van der Waals surface area contributed by atoms with E-state index in [-0.39, 0.29) is 5.54 Å². The van der Waals surface area contributed by atoms with Crippen LogP contribution < -0.4 is 15.8 Å². The van der Waals surface area contributed by atoms with Gasteiger partial charge in [0.05, 0.1) is 6.61 Å². The monoisotopic (exact) mass is 220 g/mol. The fourth-order valence-corrected chi connectivity index (χ4v) is 2.24. The molecule has 1 aliphatic rings. The first kappa shape index (κ1) is 11.4. The average molecular weight is 220 g/mol. The highest BCUT2D eigenvalue weighted by Gasteiger charge is 2.31. The molecule has 1 saturated heterocycles. The van der Waals surface area contributed by atoms with Crippen molar-refractivity contribution in [1.29, 1.82) is 0 Å². The molecule has 1 unspecified atom stereocenters. The smallest absolute Gasteiger partial charge is 0.119 e. The van der Waals surface area contributed by atoms with Gasteiger partial charge in [0.15, 0.2) is 0 Å². The average Bonchev–Trinajstić information content (AvgIpc) is 2.80. The van der Waals surface area contributed by atoms with Gasteiger partial charge in [-0.1, -0.05) is 18.2 Å². The Kier molecular flexibility index (Phi) is 3.80. The van der Waals surface area contributed by atoms with E-state index in [2.05, 4.69) is 5.32 Å². The number of nitrogens with two attached hydrogens (primary N) is 1.